The summed E-state index contributed by atoms with van der Waals surface area (Å²) in [6.45, 7) is 6.27. The minimum atomic E-state index is -0.412. The highest BCUT2D eigenvalue weighted by Gasteiger charge is 2.19. The lowest BCUT2D eigenvalue weighted by molar-refractivity contribution is 0.275. The third kappa shape index (κ3) is 3.07. The summed E-state index contributed by atoms with van der Waals surface area (Å²) in [5, 5.41) is 17.4. The lowest BCUT2D eigenvalue weighted by Crippen LogP contribution is -2.23. The van der Waals surface area contributed by atoms with Crippen molar-refractivity contribution < 1.29 is 9.50 Å². The van der Waals surface area contributed by atoms with Crippen LogP contribution in [0.1, 0.15) is 31.9 Å². The average Bonchev–Trinajstić information content (AvgIpc) is 2.97. The number of anilines is 1. The van der Waals surface area contributed by atoms with Gasteiger partial charge < -0.3 is 10.4 Å². The van der Waals surface area contributed by atoms with Gasteiger partial charge in [-0.05, 0) is 32.4 Å². The van der Waals surface area contributed by atoms with Crippen molar-refractivity contribution >= 4 is 16.9 Å². The largest absolute Gasteiger partial charge is 0.392 e. The van der Waals surface area contributed by atoms with E-state index >= 15 is 0 Å². The SMILES string of the molecule is CC(C)(C)n1ncc2c(NCc3ccc(CO)c(F)c3)ncnc21. The van der Waals surface area contributed by atoms with Crippen LogP contribution in [0, 0.1) is 5.82 Å². The van der Waals surface area contributed by atoms with Crippen molar-refractivity contribution in [3.05, 3.63) is 47.7 Å². The first-order valence-electron chi connectivity index (χ1n) is 7.71. The molecule has 3 rings (SSSR count). The third-order valence-corrected chi connectivity index (χ3v) is 3.75. The summed E-state index contributed by atoms with van der Waals surface area (Å²) in [6, 6.07) is 4.77. The van der Waals surface area contributed by atoms with Crippen molar-refractivity contribution in [1.29, 1.82) is 0 Å². The van der Waals surface area contributed by atoms with Crippen molar-refractivity contribution in [3.8, 4) is 0 Å². The molecule has 0 saturated carbocycles. The van der Waals surface area contributed by atoms with Crippen molar-refractivity contribution in [2.75, 3.05) is 5.32 Å². The minimum absolute atomic E-state index is 0.184. The molecule has 6 nitrogen and oxygen atoms in total. The first-order chi connectivity index (χ1) is 11.4. The molecule has 2 N–H and O–H groups in total. The van der Waals surface area contributed by atoms with E-state index in [0.29, 0.717) is 12.4 Å². The van der Waals surface area contributed by atoms with Gasteiger partial charge in [-0.15, -0.1) is 0 Å². The third-order valence-electron chi connectivity index (χ3n) is 3.75. The maximum absolute atomic E-state index is 13.7. The Morgan fingerprint density at radius 1 is 1.25 bits per heavy atom. The average molecular weight is 329 g/mol. The van der Waals surface area contributed by atoms with Gasteiger partial charge in [-0.25, -0.2) is 19.0 Å². The van der Waals surface area contributed by atoms with Gasteiger partial charge in [0.1, 0.15) is 18.0 Å². The topological polar surface area (TPSA) is 75.9 Å². The van der Waals surface area contributed by atoms with E-state index in [9.17, 15) is 4.39 Å². The normalized spacial score (nSPS) is 11.9. The summed E-state index contributed by atoms with van der Waals surface area (Å²) in [7, 11) is 0. The van der Waals surface area contributed by atoms with Crippen LogP contribution in [0.4, 0.5) is 10.2 Å². The smallest absolute Gasteiger partial charge is 0.163 e. The van der Waals surface area contributed by atoms with E-state index in [-0.39, 0.29) is 17.7 Å². The summed E-state index contributed by atoms with van der Waals surface area (Å²) >= 11 is 0. The summed E-state index contributed by atoms with van der Waals surface area (Å²) in [4.78, 5) is 8.59. The zero-order valence-electron chi connectivity index (χ0n) is 13.9. The van der Waals surface area contributed by atoms with Gasteiger partial charge in [0.25, 0.3) is 0 Å². The molecule has 0 amide bonds. The number of fused-ring (bicyclic) bond motifs is 1. The maximum atomic E-state index is 13.7. The highest BCUT2D eigenvalue weighted by atomic mass is 19.1. The molecule has 0 fully saturated rings. The second-order valence-electron chi connectivity index (χ2n) is 6.62. The molecule has 3 aromatic rings. The molecule has 0 spiro atoms. The zero-order chi connectivity index (χ0) is 17.3. The number of aliphatic hydroxyl groups is 1. The van der Waals surface area contributed by atoms with Crippen LogP contribution in [-0.2, 0) is 18.7 Å². The first-order valence-corrected chi connectivity index (χ1v) is 7.71. The Bertz CT molecular complexity index is 869. The molecule has 0 atom stereocenters. The number of hydrogen-bond donors (Lipinski definition) is 2. The van der Waals surface area contributed by atoms with Gasteiger partial charge in [0.15, 0.2) is 5.65 Å². The predicted molar refractivity (Wildman–Crippen MR) is 90.0 cm³/mol. The fourth-order valence-electron chi connectivity index (χ4n) is 2.49. The summed E-state index contributed by atoms with van der Waals surface area (Å²) in [5.74, 6) is 0.243. The second-order valence-corrected chi connectivity index (χ2v) is 6.62. The van der Waals surface area contributed by atoms with Crippen molar-refractivity contribution in [1.82, 2.24) is 19.7 Å². The van der Waals surface area contributed by atoms with Gasteiger partial charge in [-0.3, -0.25) is 0 Å². The number of aliphatic hydroxyl groups excluding tert-OH is 1. The monoisotopic (exact) mass is 329 g/mol. The van der Waals surface area contributed by atoms with Gasteiger partial charge in [0, 0.05) is 12.1 Å². The van der Waals surface area contributed by atoms with Crippen LogP contribution < -0.4 is 5.32 Å². The molecule has 0 unspecified atom stereocenters. The molecule has 7 heteroatoms. The molecule has 0 aliphatic carbocycles. The summed E-state index contributed by atoms with van der Waals surface area (Å²) < 4.78 is 15.6. The first kappa shape index (κ1) is 16.3. The summed E-state index contributed by atoms with van der Waals surface area (Å²) in [5.41, 5.74) is 1.62. The van der Waals surface area contributed by atoms with Crippen LogP contribution in [0.5, 0.6) is 0 Å². The molecule has 0 aliphatic rings. The van der Waals surface area contributed by atoms with Crippen LogP contribution in [0.3, 0.4) is 0 Å². The Morgan fingerprint density at radius 3 is 2.71 bits per heavy atom. The van der Waals surface area contributed by atoms with Crippen LogP contribution in [0.15, 0.2) is 30.7 Å². The quantitative estimate of drug-likeness (QED) is 0.770. The summed E-state index contributed by atoms with van der Waals surface area (Å²) in [6.07, 6.45) is 3.22. The zero-order valence-corrected chi connectivity index (χ0v) is 13.9. The number of benzene rings is 1. The Morgan fingerprint density at radius 2 is 2.04 bits per heavy atom. The van der Waals surface area contributed by atoms with Crippen LogP contribution in [0.25, 0.3) is 11.0 Å². The van der Waals surface area contributed by atoms with Gasteiger partial charge in [0.05, 0.1) is 23.7 Å². The number of nitrogens with one attached hydrogen (secondary N) is 1. The van der Waals surface area contributed by atoms with Crippen LogP contribution in [0.2, 0.25) is 0 Å². The fraction of sp³-hybridized carbons (Fsp3) is 0.353. The molecule has 2 heterocycles. The van der Waals surface area contributed by atoms with Gasteiger partial charge >= 0.3 is 0 Å². The highest BCUT2D eigenvalue weighted by molar-refractivity contribution is 5.86. The van der Waals surface area contributed by atoms with Crippen molar-refractivity contribution in [2.24, 2.45) is 0 Å². The van der Waals surface area contributed by atoms with E-state index in [1.165, 1.54) is 12.4 Å². The standard InChI is InChI=1S/C17H20FN5O/c1-17(2,3)23-16-13(8-22-23)15(20-10-21-16)19-7-11-4-5-12(9-24)14(18)6-11/h4-6,8,10,24H,7,9H2,1-3H3,(H,19,20,21). The van der Waals surface area contributed by atoms with Crippen molar-refractivity contribution in [3.63, 3.8) is 0 Å². The van der Waals surface area contributed by atoms with E-state index in [0.717, 1.165) is 16.6 Å². The predicted octanol–water partition coefficient (Wildman–Crippen LogP) is 2.82. The second kappa shape index (κ2) is 6.16. The van der Waals surface area contributed by atoms with Crippen LogP contribution >= 0.6 is 0 Å². The molecule has 0 aliphatic heterocycles. The maximum Gasteiger partial charge on any atom is 0.163 e. The minimum Gasteiger partial charge on any atom is -0.392 e. The molecule has 0 bridgehead atoms. The van der Waals surface area contributed by atoms with E-state index in [1.54, 1.807) is 18.3 Å². The molecular formula is C17H20FN5O. The number of hydrogen-bond acceptors (Lipinski definition) is 5. The van der Waals surface area contributed by atoms with E-state index < -0.39 is 5.82 Å². The molecule has 0 saturated heterocycles. The molecule has 2 aromatic heterocycles. The Labute approximate surface area is 139 Å². The lowest BCUT2D eigenvalue weighted by atomic mass is 10.1. The number of halogens is 1. The van der Waals surface area contributed by atoms with Gasteiger partial charge in [-0.1, -0.05) is 12.1 Å². The molecule has 24 heavy (non-hydrogen) atoms. The van der Waals surface area contributed by atoms with E-state index in [2.05, 4.69) is 41.2 Å². The van der Waals surface area contributed by atoms with Crippen molar-refractivity contribution in [2.45, 2.75) is 39.5 Å². The Kier molecular flexibility index (Phi) is 4.19. The molecule has 0 radical (unpaired) electrons. The number of aromatic nitrogens is 4. The fourth-order valence-corrected chi connectivity index (χ4v) is 2.49. The van der Waals surface area contributed by atoms with E-state index in [4.69, 9.17) is 5.11 Å². The Hall–Kier alpha value is -2.54. The molecular weight excluding hydrogens is 309 g/mol. The number of rotatable bonds is 4. The van der Waals surface area contributed by atoms with Crippen LogP contribution in [-0.4, -0.2) is 24.9 Å². The van der Waals surface area contributed by atoms with Gasteiger partial charge in [-0.2, -0.15) is 5.10 Å². The highest BCUT2D eigenvalue weighted by Crippen LogP contribution is 2.24. The molecule has 126 valence electrons. The Balaban J connectivity index is 1.86. The number of nitrogens with zero attached hydrogens (tertiary/aromatic N) is 4. The van der Waals surface area contributed by atoms with E-state index in [1.807, 2.05) is 4.68 Å². The molecule has 1 aromatic carbocycles. The van der Waals surface area contributed by atoms with Gasteiger partial charge in [0.2, 0.25) is 0 Å². The lowest BCUT2D eigenvalue weighted by Gasteiger charge is -2.19.